The summed E-state index contributed by atoms with van der Waals surface area (Å²) in [4.78, 5) is 41.9. The van der Waals surface area contributed by atoms with Crippen LogP contribution in [0, 0.1) is 0 Å². The van der Waals surface area contributed by atoms with E-state index < -0.39 is 89.1 Å². The van der Waals surface area contributed by atoms with Gasteiger partial charge < -0.3 is 56.3 Å². The molecule has 4 heterocycles. The number of ether oxygens (including phenoxy) is 2. The Morgan fingerprint density at radius 1 is 1.07 bits per heavy atom. The van der Waals surface area contributed by atoms with Crippen LogP contribution in [0.1, 0.15) is 13.2 Å². The normalized spacial score (nSPS) is 36.8. The lowest BCUT2D eigenvalue weighted by Crippen LogP contribution is -2.61. The molecule has 2 aromatic heterocycles. The summed E-state index contributed by atoms with van der Waals surface area (Å²) in [7, 11) is -11.0. The van der Waals surface area contributed by atoms with E-state index in [1.165, 1.54) is 6.92 Å². The van der Waals surface area contributed by atoms with E-state index in [0.29, 0.717) is 0 Å². The fourth-order valence-corrected chi connectivity index (χ4v) is 6.25. The number of aliphatic hydroxyl groups excluding tert-OH is 5. The number of phosphoric ester groups is 2. The Balaban J connectivity index is 1.40. The average Bonchev–Trinajstić information content (AvgIpc) is 3.38. The molecule has 2 aliphatic heterocycles. The van der Waals surface area contributed by atoms with Gasteiger partial charge in [0.15, 0.2) is 23.7 Å². The van der Waals surface area contributed by atoms with Crippen LogP contribution >= 0.6 is 15.6 Å². The number of hydrogen-bond acceptors (Lipinski definition) is 17. The number of nitrogen functional groups attached to an aromatic ring is 1. The maximum absolute atomic E-state index is 12.4. The molecule has 2 aliphatic rings. The zero-order valence-electron chi connectivity index (χ0n) is 20.3. The van der Waals surface area contributed by atoms with Crippen molar-refractivity contribution in [2.24, 2.45) is 5.73 Å². The van der Waals surface area contributed by atoms with Crippen LogP contribution in [-0.2, 0) is 32.0 Å². The van der Waals surface area contributed by atoms with Crippen LogP contribution in [0.15, 0.2) is 11.1 Å². The van der Waals surface area contributed by atoms with Gasteiger partial charge >= 0.3 is 15.6 Å². The molecule has 4 rings (SSSR count). The SMILES string of the molecule is CC(N)C1OC(OP(=O)(O)OP(=O)(O)OCC2OC(n3cnc4c(=O)[nH]c(N)nc43)C(O)C2O)C(O)C(O)C1O. The third kappa shape index (κ3) is 6.28. The van der Waals surface area contributed by atoms with Crippen molar-refractivity contribution in [3.63, 3.8) is 0 Å². The Kier molecular flexibility index (Phi) is 8.85. The number of fused-ring (bicyclic) bond motifs is 1. The van der Waals surface area contributed by atoms with Gasteiger partial charge in [-0.15, -0.1) is 0 Å². The molecule has 0 aliphatic carbocycles. The first-order valence-electron chi connectivity index (χ1n) is 11.4. The minimum Gasteiger partial charge on any atom is -0.388 e. The molecule has 0 radical (unpaired) electrons. The molecule has 12 atom stereocenters. The van der Waals surface area contributed by atoms with Gasteiger partial charge in [-0.1, -0.05) is 0 Å². The van der Waals surface area contributed by atoms with Crippen LogP contribution in [0.25, 0.3) is 11.2 Å². The number of nitrogens with two attached hydrogens (primary N) is 2. The molecule has 2 aromatic rings. The Morgan fingerprint density at radius 2 is 1.75 bits per heavy atom. The van der Waals surface area contributed by atoms with Crippen molar-refractivity contribution >= 4 is 32.8 Å². The predicted octanol–water partition coefficient (Wildman–Crippen LogP) is -4.27. The minimum atomic E-state index is -5.57. The molecule has 0 saturated carbocycles. The number of H-pyrrole nitrogens is 1. The molecule has 0 amide bonds. The van der Waals surface area contributed by atoms with Crippen LogP contribution in [0.2, 0.25) is 0 Å². The summed E-state index contributed by atoms with van der Waals surface area (Å²) >= 11 is 0. The molecule has 12 unspecified atom stereocenters. The topological polar surface area (TPSA) is 338 Å². The lowest BCUT2D eigenvalue weighted by molar-refractivity contribution is -0.278. The summed E-state index contributed by atoms with van der Waals surface area (Å²) in [5.41, 5.74) is 10.2. The van der Waals surface area contributed by atoms with Gasteiger partial charge in [0, 0.05) is 6.04 Å². The van der Waals surface area contributed by atoms with Crippen molar-refractivity contribution in [1.29, 1.82) is 0 Å². The number of anilines is 1. The van der Waals surface area contributed by atoms with E-state index in [0.717, 1.165) is 10.9 Å². The number of aliphatic hydroxyl groups is 5. The monoisotopic (exact) mass is 618 g/mol. The Morgan fingerprint density at radius 3 is 2.40 bits per heavy atom. The van der Waals surface area contributed by atoms with Gasteiger partial charge in [-0.3, -0.25) is 23.4 Å². The average molecular weight is 618 g/mol. The summed E-state index contributed by atoms with van der Waals surface area (Å²) in [6.07, 6.45) is -14.5. The molecule has 12 N–H and O–H groups in total. The fraction of sp³-hybridized carbons (Fsp3) is 0.706. The summed E-state index contributed by atoms with van der Waals surface area (Å²) in [5.74, 6) is -0.272. The molecular weight excluding hydrogens is 590 g/mol. The number of nitrogens with one attached hydrogen (secondary N) is 1. The molecule has 2 fully saturated rings. The van der Waals surface area contributed by atoms with E-state index in [9.17, 15) is 49.2 Å². The number of hydrogen-bond donors (Lipinski definition) is 10. The zero-order valence-corrected chi connectivity index (χ0v) is 22.1. The second-order valence-corrected chi connectivity index (χ2v) is 12.0. The van der Waals surface area contributed by atoms with E-state index >= 15 is 0 Å². The van der Waals surface area contributed by atoms with Crippen molar-refractivity contribution in [1.82, 2.24) is 19.5 Å². The van der Waals surface area contributed by atoms with Gasteiger partial charge in [0.1, 0.15) is 42.7 Å². The van der Waals surface area contributed by atoms with Gasteiger partial charge in [-0.25, -0.2) is 14.1 Å². The summed E-state index contributed by atoms with van der Waals surface area (Å²) in [6, 6.07) is -0.944. The maximum Gasteiger partial charge on any atom is 0.483 e. The van der Waals surface area contributed by atoms with Crippen LogP contribution in [0.3, 0.4) is 0 Å². The maximum atomic E-state index is 12.4. The van der Waals surface area contributed by atoms with E-state index in [1.54, 1.807) is 0 Å². The Bertz CT molecular complexity index is 1370. The lowest BCUT2D eigenvalue weighted by Gasteiger charge is -2.41. The molecule has 0 bridgehead atoms. The summed E-state index contributed by atoms with van der Waals surface area (Å²) < 4.78 is 49.7. The third-order valence-corrected chi connectivity index (χ3v) is 8.63. The first-order chi connectivity index (χ1) is 18.5. The van der Waals surface area contributed by atoms with E-state index in [4.69, 9.17) is 20.9 Å². The second-order valence-electron chi connectivity index (χ2n) is 9.04. The molecule has 2 saturated heterocycles. The van der Waals surface area contributed by atoms with Crippen molar-refractivity contribution in [2.75, 3.05) is 12.3 Å². The van der Waals surface area contributed by atoms with E-state index in [2.05, 4.69) is 28.3 Å². The standard InChI is InChI=1S/C17H28N6O15P2/c1-4(18)12-9(26)8(25)11(28)16(36-12)37-40(32,33)38-39(30,31)34-2-5-7(24)10(27)15(35-5)23-3-20-6-13(23)21-17(19)22-14(6)29/h3-5,7-12,15-16,24-28H,2,18H2,1H3,(H,30,31)(H,32,33)(H3,19,21,22,29). The number of imidazole rings is 1. The number of rotatable bonds is 9. The van der Waals surface area contributed by atoms with Crippen molar-refractivity contribution in [3.05, 3.63) is 16.7 Å². The molecule has 40 heavy (non-hydrogen) atoms. The van der Waals surface area contributed by atoms with Crippen molar-refractivity contribution < 1.29 is 67.3 Å². The molecular formula is C17H28N6O15P2. The van der Waals surface area contributed by atoms with Gasteiger partial charge in [-0.2, -0.15) is 9.29 Å². The number of aromatic nitrogens is 4. The summed E-state index contributed by atoms with van der Waals surface area (Å²) in [6.45, 7) is 0.383. The molecule has 0 spiro atoms. The smallest absolute Gasteiger partial charge is 0.388 e. The second kappa shape index (κ2) is 11.4. The molecule has 21 nitrogen and oxygen atoms in total. The van der Waals surface area contributed by atoms with Crippen molar-refractivity contribution in [3.8, 4) is 0 Å². The highest BCUT2D eigenvalue weighted by molar-refractivity contribution is 7.61. The largest absolute Gasteiger partial charge is 0.483 e. The van der Waals surface area contributed by atoms with Gasteiger partial charge in [-0.05, 0) is 6.92 Å². The van der Waals surface area contributed by atoms with E-state index in [1.807, 2.05) is 0 Å². The van der Waals surface area contributed by atoms with Crippen LogP contribution in [0.5, 0.6) is 0 Å². The Labute approximate surface area is 223 Å². The van der Waals surface area contributed by atoms with Crippen LogP contribution in [-0.4, -0.2) is 117 Å². The number of nitrogens with zero attached hydrogens (tertiary/aromatic N) is 3. The highest BCUT2D eigenvalue weighted by Crippen LogP contribution is 2.61. The quantitative estimate of drug-likeness (QED) is 0.119. The first kappa shape index (κ1) is 31.0. The predicted molar refractivity (Wildman–Crippen MR) is 127 cm³/mol. The lowest BCUT2D eigenvalue weighted by atomic mass is 9.95. The summed E-state index contributed by atoms with van der Waals surface area (Å²) in [5, 5.41) is 50.7. The molecule has 23 heteroatoms. The highest BCUT2D eigenvalue weighted by Gasteiger charge is 2.50. The van der Waals surface area contributed by atoms with Gasteiger partial charge in [0.25, 0.3) is 5.56 Å². The number of aromatic amines is 1. The van der Waals surface area contributed by atoms with Crippen LogP contribution in [0.4, 0.5) is 5.95 Å². The molecule has 226 valence electrons. The fourth-order valence-electron chi connectivity index (χ4n) is 4.09. The Hall–Kier alpha value is -1.91. The zero-order chi connectivity index (χ0) is 29.7. The van der Waals surface area contributed by atoms with Crippen molar-refractivity contribution in [2.45, 2.75) is 68.2 Å². The van der Waals surface area contributed by atoms with E-state index in [-0.39, 0.29) is 17.1 Å². The van der Waals surface area contributed by atoms with Crippen LogP contribution < -0.4 is 17.0 Å². The minimum absolute atomic E-state index is 0.107. The first-order valence-corrected chi connectivity index (χ1v) is 14.4. The van der Waals surface area contributed by atoms with Gasteiger partial charge in [0.05, 0.1) is 12.9 Å². The van der Waals surface area contributed by atoms with Gasteiger partial charge in [0.2, 0.25) is 5.95 Å². The third-order valence-electron chi connectivity index (χ3n) is 6.03. The highest BCUT2D eigenvalue weighted by atomic mass is 31.3. The molecule has 0 aromatic carbocycles. The number of phosphoric acid groups is 2.